The topological polar surface area (TPSA) is 81.7 Å². The highest BCUT2D eigenvalue weighted by Gasteiger charge is 2.23. The molecule has 6 heteroatoms. The maximum atomic E-state index is 13.2. The summed E-state index contributed by atoms with van der Waals surface area (Å²) in [7, 11) is 0. The van der Waals surface area contributed by atoms with Crippen LogP contribution in [0.15, 0.2) is 54.6 Å². The van der Waals surface area contributed by atoms with E-state index in [0.717, 1.165) is 37.8 Å². The van der Waals surface area contributed by atoms with E-state index in [1.54, 1.807) is 24.3 Å². The van der Waals surface area contributed by atoms with Crippen LogP contribution in [0.25, 0.3) is 0 Å². The maximum absolute atomic E-state index is 13.2. The Morgan fingerprint density at radius 2 is 1.59 bits per heavy atom. The molecule has 0 aliphatic rings. The van der Waals surface area contributed by atoms with Crippen molar-refractivity contribution in [2.75, 3.05) is 26.2 Å². The molecular weight excluding hydrogens is 426 g/mol. The molecule has 2 aromatic rings. The van der Waals surface area contributed by atoms with Crippen LogP contribution in [0, 0.1) is 0 Å². The van der Waals surface area contributed by atoms with Crippen molar-refractivity contribution in [2.24, 2.45) is 0 Å². The molecule has 0 aromatic heterocycles. The summed E-state index contributed by atoms with van der Waals surface area (Å²) >= 11 is 0. The summed E-state index contributed by atoms with van der Waals surface area (Å²) in [5.41, 5.74) is 1.97. The molecule has 6 nitrogen and oxygen atoms in total. The molecule has 0 fully saturated rings. The van der Waals surface area contributed by atoms with Crippen LogP contribution >= 0.6 is 0 Å². The van der Waals surface area contributed by atoms with Crippen LogP contribution in [0.5, 0.6) is 0 Å². The molecule has 2 amide bonds. The number of carbonyl (C=O) groups excluding carboxylic acids is 2. The van der Waals surface area contributed by atoms with E-state index in [0.29, 0.717) is 37.2 Å². The molecule has 2 atom stereocenters. The third kappa shape index (κ3) is 8.92. The molecule has 34 heavy (non-hydrogen) atoms. The molecule has 0 unspecified atom stereocenters. The summed E-state index contributed by atoms with van der Waals surface area (Å²) < 4.78 is 0. The van der Waals surface area contributed by atoms with Crippen LogP contribution < -0.4 is 10.6 Å². The van der Waals surface area contributed by atoms with Crippen molar-refractivity contribution < 1.29 is 14.7 Å². The predicted molar refractivity (Wildman–Crippen MR) is 138 cm³/mol. The molecule has 0 saturated heterocycles. The van der Waals surface area contributed by atoms with E-state index in [1.165, 1.54) is 0 Å². The molecule has 186 valence electrons. The van der Waals surface area contributed by atoms with Gasteiger partial charge in [-0.05, 0) is 56.0 Å². The Bertz CT molecular complexity index is 866. The van der Waals surface area contributed by atoms with E-state index in [4.69, 9.17) is 0 Å². The summed E-state index contributed by atoms with van der Waals surface area (Å²) in [6.45, 7) is 8.84. The largest absolute Gasteiger partial charge is 0.390 e. The van der Waals surface area contributed by atoms with Gasteiger partial charge in [0.25, 0.3) is 11.8 Å². The zero-order chi connectivity index (χ0) is 24.8. The summed E-state index contributed by atoms with van der Waals surface area (Å²) in [4.78, 5) is 28.0. The number of hydrogen-bond acceptors (Lipinski definition) is 4. The van der Waals surface area contributed by atoms with E-state index >= 15 is 0 Å². The smallest absolute Gasteiger partial charge is 0.253 e. The highest BCUT2D eigenvalue weighted by atomic mass is 16.3. The third-order valence-electron chi connectivity index (χ3n) is 5.79. The van der Waals surface area contributed by atoms with Crippen molar-refractivity contribution in [1.82, 2.24) is 15.5 Å². The van der Waals surface area contributed by atoms with Gasteiger partial charge in [0.1, 0.15) is 0 Å². The lowest BCUT2D eigenvalue weighted by Gasteiger charge is -2.25. The number of benzene rings is 2. The summed E-state index contributed by atoms with van der Waals surface area (Å²) in [5.74, 6) is -0.347. The minimum Gasteiger partial charge on any atom is -0.390 e. The summed E-state index contributed by atoms with van der Waals surface area (Å²) in [6, 6.07) is 16.2. The highest BCUT2D eigenvalue weighted by molar-refractivity contribution is 5.99. The Morgan fingerprint density at radius 3 is 2.24 bits per heavy atom. The van der Waals surface area contributed by atoms with Crippen molar-refractivity contribution in [3.05, 3.63) is 71.3 Å². The first-order valence-corrected chi connectivity index (χ1v) is 12.6. The van der Waals surface area contributed by atoms with Crippen LogP contribution in [0.4, 0.5) is 0 Å². The highest BCUT2D eigenvalue weighted by Crippen LogP contribution is 2.12. The molecule has 3 N–H and O–H groups in total. The maximum Gasteiger partial charge on any atom is 0.253 e. The van der Waals surface area contributed by atoms with Crippen LogP contribution in [0.3, 0.4) is 0 Å². The second-order valence-electron chi connectivity index (χ2n) is 8.77. The quantitative estimate of drug-likeness (QED) is 0.345. The van der Waals surface area contributed by atoms with Crippen molar-refractivity contribution in [3.8, 4) is 0 Å². The average molecular weight is 468 g/mol. The fraction of sp³-hybridized carbons (Fsp3) is 0.500. The Hall–Kier alpha value is -2.70. The number of unbranched alkanes of at least 4 members (excludes halogenated alkanes) is 1. The Labute approximate surface area is 204 Å². The third-order valence-corrected chi connectivity index (χ3v) is 5.79. The number of amides is 2. The van der Waals surface area contributed by atoms with E-state index in [1.807, 2.05) is 35.2 Å². The number of nitrogens with zero attached hydrogens (tertiary/aromatic N) is 1. The Morgan fingerprint density at radius 1 is 0.912 bits per heavy atom. The first-order valence-electron chi connectivity index (χ1n) is 12.6. The van der Waals surface area contributed by atoms with Crippen LogP contribution in [0.1, 0.15) is 72.7 Å². The molecule has 0 radical (unpaired) electrons. The van der Waals surface area contributed by atoms with Gasteiger partial charge in [0.15, 0.2) is 0 Å². The number of carbonyl (C=O) groups is 2. The molecule has 0 heterocycles. The Kier molecular flexibility index (Phi) is 12.4. The van der Waals surface area contributed by atoms with Gasteiger partial charge >= 0.3 is 0 Å². The lowest BCUT2D eigenvalue weighted by Crippen LogP contribution is -2.48. The molecule has 0 saturated carbocycles. The molecule has 0 aliphatic heterocycles. The molecule has 0 bridgehead atoms. The second-order valence-corrected chi connectivity index (χ2v) is 8.77. The molecule has 0 aliphatic carbocycles. The van der Waals surface area contributed by atoms with Gasteiger partial charge < -0.3 is 20.6 Å². The van der Waals surface area contributed by atoms with Gasteiger partial charge in [-0.25, -0.2) is 0 Å². The molecule has 0 spiro atoms. The summed E-state index contributed by atoms with van der Waals surface area (Å²) in [6.07, 6.45) is 3.67. The van der Waals surface area contributed by atoms with Gasteiger partial charge in [-0.15, -0.1) is 0 Å². The molecule has 2 rings (SSSR count). The van der Waals surface area contributed by atoms with Gasteiger partial charge in [-0.3, -0.25) is 9.59 Å². The van der Waals surface area contributed by atoms with Gasteiger partial charge in [-0.1, -0.05) is 63.6 Å². The first-order chi connectivity index (χ1) is 16.5. The van der Waals surface area contributed by atoms with Crippen LogP contribution in [-0.2, 0) is 6.42 Å². The molecule has 2 aromatic carbocycles. The number of aliphatic hydroxyl groups is 1. The number of rotatable bonds is 15. The standard InChI is InChI=1S/C28H41N3O3/c1-4-7-16-29-21-26(32)25(19-22-12-9-8-10-13-22)30-27(33)23-14-11-15-24(20-23)28(34)31(17-5-2)18-6-3/h8-15,20,25-26,29,32H,4-7,16-19,21H2,1-3H3,(H,30,33)/t25-,26+/m0/s1. The summed E-state index contributed by atoms with van der Waals surface area (Å²) in [5, 5.41) is 17.1. The lowest BCUT2D eigenvalue weighted by atomic mass is 10.00. The number of hydrogen-bond donors (Lipinski definition) is 3. The minimum atomic E-state index is -0.740. The van der Waals surface area contributed by atoms with Gasteiger partial charge in [0, 0.05) is 30.8 Å². The monoisotopic (exact) mass is 467 g/mol. The zero-order valence-electron chi connectivity index (χ0n) is 20.9. The van der Waals surface area contributed by atoms with Crippen molar-refractivity contribution in [1.29, 1.82) is 0 Å². The predicted octanol–water partition coefficient (Wildman–Crippen LogP) is 4.04. The first kappa shape index (κ1) is 27.5. The van der Waals surface area contributed by atoms with Crippen molar-refractivity contribution in [3.63, 3.8) is 0 Å². The fourth-order valence-corrected chi connectivity index (χ4v) is 3.93. The van der Waals surface area contributed by atoms with E-state index in [9.17, 15) is 14.7 Å². The average Bonchev–Trinajstić information content (AvgIpc) is 2.86. The fourth-order valence-electron chi connectivity index (χ4n) is 3.93. The van der Waals surface area contributed by atoms with E-state index < -0.39 is 12.1 Å². The Balaban J connectivity index is 2.15. The van der Waals surface area contributed by atoms with Crippen LogP contribution in [0.2, 0.25) is 0 Å². The normalized spacial score (nSPS) is 12.7. The van der Waals surface area contributed by atoms with Crippen molar-refractivity contribution in [2.45, 2.75) is 65.0 Å². The molecular formula is C28H41N3O3. The van der Waals surface area contributed by atoms with Gasteiger partial charge in [0.2, 0.25) is 0 Å². The van der Waals surface area contributed by atoms with E-state index in [2.05, 4.69) is 31.4 Å². The number of aliphatic hydroxyl groups excluding tert-OH is 1. The lowest BCUT2D eigenvalue weighted by molar-refractivity contribution is 0.0755. The SMILES string of the molecule is CCCCNC[C@@H](O)[C@H](Cc1ccccc1)NC(=O)c1cccc(C(=O)N(CCC)CCC)c1. The number of nitrogens with one attached hydrogen (secondary N) is 2. The minimum absolute atomic E-state index is 0.0562. The second kappa shape index (κ2) is 15.3. The van der Waals surface area contributed by atoms with Gasteiger partial charge in [0.05, 0.1) is 12.1 Å². The van der Waals surface area contributed by atoms with E-state index in [-0.39, 0.29) is 11.8 Å². The van der Waals surface area contributed by atoms with Crippen molar-refractivity contribution >= 4 is 11.8 Å². The zero-order valence-corrected chi connectivity index (χ0v) is 20.9. The van der Waals surface area contributed by atoms with Gasteiger partial charge in [-0.2, -0.15) is 0 Å². The van der Waals surface area contributed by atoms with Crippen LogP contribution in [-0.4, -0.2) is 60.1 Å².